The van der Waals surface area contributed by atoms with Crippen molar-refractivity contribution < 1.29 is 17.6 Å². The summed E-state index contributed by atoms with van der Waals surface area (Å²) in [6, 6.07) is 5.84. The van der Waals surface area contributed by atoms with Gasteiger partial charge in [-0.3, -0.25) is 4.79 Å². The van der Waals surface area contributed by atoms with Crippen LogP contribution < -0.4 is 10.0 Å². The van der Waals surface area contributed by atoms with Crippen molar-refractivity contribution in [2.45, 2.75) is 26.2 Å². The number of nitrogens with one attached hydrogen (secondary N) is 2. The molecule has 6 nitrogen and oxygen atoms in total. The molecule has 0 saturated carbocycles. The highest BCUT2D eigenvalue weighted by Crippen LogP contribution is 2.17. The largest absolute Gasteiger partial charge is 0.354 e. The van der Waals surface area contributed by atoms with E-state index >= 15 is 0 Å². The first-order chi connectivity index (χ1) is 11.4. The Kier molecular flexibility index (Phi) is 6.70. The molecule has 1 amide bonds. The summed E-state index contributed by atoms with van der Waals surface area (Å²) >= 11 is 0. The molecule has 0 spiro atoms. The predicted molar refractivity (Wildman–Crippen MR) is 90.0 cm³/mol. The van der Waals surface area contributed by atoms with Crippen molar-refractivity contribution in [2.75, 3.05) is 26.2 Å². The molecule has 0 bridgehead atoms. The summed E-state index contributed by atoms with van der Waals surface area (Å²) in [6.45, 7) is 3.42. The first kappa shape index (κ1) is 18.8. The molecule has 1 saturated heterocycles. The molecule has 24 heavy (non-hydrogen) atoms. The SMILES string of the molecule is C[C@@H]1CCCN(S(=O)(=O)NCCNC(=O)Cc2cccc(F)c2)C1. The average molecular weight is 357 g/mol. The summed E-state index contributed by atoms with van der Waals surface area (Å²) in [6.07, 6.45) is 1.97. The molecule has 0 aliphatic carbocycles. The van der Waals surface area contributed by atoms with Crippen LogP contribution >= 0.6 is 0 Å². The van der Waals surface area contributed by atoms with E-state index in [0.29, 0.717) is 24.6 Å². The van der Waals surface area contributed by atoms with Gasteiger partial charge in [0, 0.05) is 26.2 Å². The van der Waals surface area contributed by atoms with Crippen LogP contribution in [0.2, 0.25) is 0 Å². The van der Waals surface area contributed by atoms with Gasteiger partial charge in [0.25, 0.3) is 10.2 Å². The second-order valence-corrected chi connectivity index (χ2v) is 7.92. The van der Waals surface area contributed by atoms with E-state index in [0.717, 1.165) is 12.8 Å². The van der Waals surface area contributed by atoms with Gasteiger partial charge in [-0.05, 0) is 36.5 Å². The molecule has 1 atom stereocenters. The highest BCUT2D eigenvalue weighted by atomic mass is 32.2. The van der Waals surface area contributed by atoms with Crippen molar-refractivity contribution in [2.24, 2.45) is 5.92 Å². The summed E-state index contributed by atoms with van der Waals surface area (Å²) < 4.78 is 41.3. The van der Waals surface area contributed by atoms with Gasteiger partial charge in [-0.15, -0.1) is 0 Å². The molecule has 0 aromatic heterocycles. The van der Waals surface area contributed by atoms with Crippen LogP contribution in [0.25, 0.3) is 0 Å². The van der Waals surface area contributed by atoms with Crippen LogP contribution in [0.4, 0.5) is 4.39 Å². The average Bonchev–Trinajstić information content (AvgIpc) is 2.52. The zero-order chi connectivity index (χ0) is 17.6. The Balaban J connectivity index is 1.71. The number of carbonyl (C=O) groups is 1. The quantitative estimate of drug-likeness (QED) is 0.716. The monoisotopic (exact) mass is 357 g/mol. The van der Waals surface area contributed by atoms with Crippen LogP contribution in [0, 0.1) is 11.7 Å². The minimum atomic E-state index is -3.50. The highest BCUT2D eigenvalue weighted by Gasteiger charge is 2.26. The lowest BCUT2D eigenvalue weighted by atomic mass is 10.0. The van der Waals surface area contributed by atoms with Crippen molar-refractivity contribution in [1.82, 2.24) is 14.3 Å². The van der Waals surface area contributed by atoms with Gasteiger partial charge in [0.2, 0.25) is 5.91 Å². The fourth-order valence-corrected chi connectivity index (χ4v) is 4.10. The van der Waals surface area contributed by atoms with Crippen molar-refractivity contribution in [3.8, 4) is 0 Å². The Bertz CT molecular complexity index is 666. The number of hydrogen-bond donors (Lipinski definition) is 2. The first-order valence-corrected chi connectivity index (χ1v) is 9.57. The minimum Gasteiger partial charge on any atom is -0.354 e. The fourth-order valence-electron chi connectivity index (χ4n) is 2.73. The van der Waals surface area contributed by atoms with Crippen molar-refractivity contribution >= 4 is 16.1 Å². The first-order valence-electron chi connectivity index (χ1n) is 8.13. The van der Waals surface area contributed by atoms with E-state index in [9.17, 15) is 17.6 Å². The topological polar surface area (TPSA) is 78.5 Å². The van der Waals surface area contributed by atoms with E-state index in [4.69, 9.17) is 0 Å². The number of hydrogen-bond acceptors (Lipinski definition) is 3. The molecule has 1 fully saturated rings. The maximum Gasteiger partial charge on any atom is 0.279 e. The number of piperidine rings is 1. The van der Waals surface area contributed by atoms with E-state index in [2.05, 4.69) is 10.0 Å². The number of amides is 1. The van der Waals surface area contributed by atoms with Crippen LogP contribution in [-0.2, 0) is 21.4 Å². The molecule has 1 aromatic rings. The molecular formula is C16H24FN3O3S. The van der Waals surface area contributed by atoms with Gasteiger partial charge in [0.1, 0.15) is 5.82 Å². The molecule has 2 rings (SSSR count). The predicted octanol–water partition coefficient (Wildman–Crippen LogP) is 1.05. The third kappa shape index (κ3) is 5.85. The molecule has 8 heteroatoms. The maximum atomic E-state index is 13.0. The Labute approximate surface area is 142 Å². The number of benzene rings is 1. The van der Waals surface area contributed by atoms with Crippen molar-refractivity contribution in [3.05, 3.63) is 35.6 Å². The number of nitrogens with zero attached hydrogens (tertiary/aromatic N) is 1. The molecule has 0 unspecified atom stereocenters. The summed E-state index contributed by atoms with van der Waals surface area (Å²) in [5.74, 6) is -0.295. The number of rotatable bonds is 7. The number of halogens is 1. The van der Waals surface area contributed by atoms with Crippen LogP contribution in [0.3, 0.4) is 0 Å². The molecule has 1 heterocycles. The van der Waals surface area contributed by atoms with Crippen LogP contribution in [0.5, 0.6) is 0 Å². The van der Waals surface area contributed by atoms with Gasteiger partial charge in [-0.25, -0.2) is 9.11 Å². The summed E-state index contributed by atoms with van der Waals surface area (Å²) in [5.41, 5.74) is 0.579. The molecular weight excluding hydrogens is 333 g/mol. The summed E-state index contributed by atoms with van der Waals surface area (Å²) in [4.78, 5) is 11.8. The minimum absolute atomic E-state index is 0.0636. The Morgan fingerprint density at radius 1 is 1.38 bits per heavy atom. The smallest absolute Gasteiger partial charge is 0.279 e. The zero-order valence-electron chi connectivity index (χ0n) is 13.8. The van der Waals surface area contributed by atoms with Gasteiger partial charge in [-0.2, -0.15) is 12.7 Å². The molecule has 134 valence electrons. The fraction of sp³-hybridized carbons (Fsp3) is 0.562. The van der Waals surface area contributed by atoms with Crippen molar-refractivity contribution in [1.29, 1.82) is 0 Å². The van der Waals surface area contributed by atoms with Gasteiger partial charge in [-0.1, -0.05) is 19.1 Å². The molecule has 2 N–H and O–H groups in total. The highest BCUT2D eigenvalue weighted by molar-refractivity contribution is 7.87. The van der Waals surface area contributed by atoms with E-state index in [-0.39, 0.29) is 31.2 Å². The van der Waals surface area contributed by atoms with E-state index in [1.165, 1.54) is 16.4 Å². The van der Waals surface area contributed by atoms with Crippen LogP contribution in [0.1, 0.15) is 25.3 Å². The molecule has 1 aliphatic rings. The van der Waals surface area contributed by atoms with E-state index in [1.807, 2.05) is 6.92 Å². The van der Waals surface area contributed by atoms with E-state index < -0.39 is 10.2 Å². The molecule has 1 aromatic carbocycles. The zero-order valence-corrected chi connectivity index (χ0v) is 14.6. The third-order valence-electron chi connectivity index (χ3n) is 3.95. The second-order valence-electron chi connectivity index (χ2n) is 6.16. The number of carbonyl (C=O) groups excluding carboxylic acids is 1. The lowest BCUT2D eigenvalue weighted by Gasteiger charge is -2.29. The Hall–Kier alpha value is -1.51. The molecule has 1 aliphatic heterocycles. The van der Waals surface area contributed by atoms with Gasteiger partial charge >= 0.3 is 0 Å². The van der Waals surface area contributed by atoms with Crippen LogP contribution in [0.15, 0.2) is 24.3 Å². The summed E-state index contributed by atoms with van der Waals surface area (Å²) in [5, 5.41) is 2.63. The molecule has 0 radical (unpaired) electrons. The van der Waals surface area contributed by atoms with Gasteiger partial charge in [0.15, 0.2) is 0 Å². The van der Waals surface area contributed by atoms with Crippen LogP contribution in [-0.4, -0.2) is 44.8 Å². The van der Waals surface area contributed by atoms with E-state index in [1.54, 1.807) is 12.1 Å². The maximum absolute atomic E-state index is 13.0. The Morgan fingerprint density at radius 3 is 2.88 bits per heavy atom. The Morgan fingerprint density at radius 2 is 2.17 bits per heavy atom. The van der Waals surface area contributed by atoms with Crippen molar-refractivity contribution in [3.63, 3.8) is 0 Å². The standard InChI is InChI=1S/C16H24FN3O3S/c1-13-4-3-9-20(12-13)24(22,23)19-8-7-18-16(21)11-14-5-2-6-15(17)10-14/h2,5-6,10,13,19H,3-4,7-9,11-12H2,1H3,(H,18,21)/t13-/m1/s1. The van der Waals surface area contributed by atoms with Gasteiger partial charge in [0.05, 0.1) is 6.42 Å². The van der Waals surface area contributed by atoms with Gasteiger partial charge < -0.3 is 5.32 Å². The normalized spacial score (nSPS) is 19.2. The second kappa shape index (κ2) is 8.55. The third-order valence-corrected chi connectivity index (χ3v) is 5.53. The lowest BCUT2D eigenvalue weighted by Crippen LogP contribution is -2.47. The lowest BCUT2D eigenvalue weighted by molar-refractivity contribution is -0.120. The summed E-state index contributed by atoms with van der Waals surface area (Å²) in [7, 11) is -3.50.